The molecule has 3 heteroatoms. The molecule has 80 valence electrons. The number of carbonyl (C=O) groups is 1. The highest BCUT2D eigenvalue weighted by Gasteiger charge is 2.18. The molecule has 2 N–H and O–H groups in total. The van der Waals surface area contributed by atoms with Crippen LogP contribution in [0.2, 0.25) is 0 Å². The second-order valence-corrected chi connectivity index (χ2v) is 3.86. The molecule has 1 unspecified atom stereocenters. The van der Waals surface area contributed by atoms with Gasteiger partial charge in [0.15, 0.2) is 0 Å². The van der Waals surface area contributed by atoms with Gasteiger partial charge in [-0.25, -0.2) is 0 Å². The largest absolute Gasteiger partial charge is 0.378 e. The van der Waals surface area contributed by atoms with Crippen LogP contribution in [0.15, 0.2) is 24.3 Å². The smallest absolute Gasteiger partial charge is 0.248 e. The number of rotatable bonds is 3. The lowest BCUT2D eigenvalue weighted by Crippen LogP contribution is -2.17. The molecule has 2 rings (SSSR count). The molecule has 1 amide bonds. The Morgan fingerprint density at radius 1 is 1.47 bits per heavy atom. The summed E-state index contributed by atoms with van der Waals surface area (Å²) in [6.45, 7) is 0.837. The van der Waals surface area contributed by atoms with E-state index in [4.69, 9.17) is 10.5 Å². The van der Waals surface area contributed by atoms with E-state index in [9.17, 15) is 4.79 Å². The topological polar surface area (TPSA) is 52.3 Å². The number of hydrogen-bond acceptors (Lipinski definition) is 2. The molecule has 1 saturated heterocycles. The first-order valence-electron chi connectivity index (χ1n) is 5.26. The van der Waals surface area contributed by atoms with Crippen molar-refractivity contribution in [2.45, 2.75) is 25.4 Å². The molecule has 1 fully saturated rings. The van der Waals surface area contributed by atoms with Crippen LogP contribution in [0, 0.1) is 0 Å². The fourth-order valence-corrected chi connectivity index (χ4v) is 1.99. The van der Waals surface area contributed by atoms with Gasteiger partial charge in [-0.1, -0.05) is 18.2 Å². The molecular weight excluding hydrogens is 190 g/mol. The SMILES string of the molecule is NC(=O)c1ccccc1CC1CCCO1. The van der Waals surface area contributed by atoms with Gasteiger partial charge in [0.25, 0.3) is 0 Å². The summed E-state index contributed by atoms with van der Waals surface area (Å²) in [5.41, 5.74) is 6.92. The van der Waals surface area contributed by atoms with E-state index >= 15 is 0 Å². The second kappa shape index (κ2) is 4.45. The molecule has 15 heavy (non-hydrogen) atoms. The lowest BCUT2D eigenvalue weighted by atomic mass is 10.00. The van der Waals surface area contributed by atoms with E-state index in [-0.39, 0.29) is 12.0 Å². The van der Waals surface area contributed by atoms with Crippen LogP contribution in [0.25, 0.3) is 0 Å². The maximum atomic E-state index is 11.2. The highest BCUT2D eigenvalue weighted by molar-refractivity contribution is 5.94. The summed E-state index contributed by atoms with van der Waals surface area (Å²) in [6.07, 6.45) is 3.24. The molecule has 1 heterocycles. The van der Waals surface area contributed by atoms with Crippen LogP contribution >= 0.6 is 0 Å². The average Bonchev–Trinajstić information content (AvgIpc) is 2.71. The van der Waals surface area contributed by atoms with Gasteiger partial charge in [0.1, 0.15) is 0 Å². The monoisotopic (exact) mass is 205 g/mol. The molecule has 3 nitrogen and oxygen atoms in total. The summed E-state index contributed by atoms with van der Waals surface area (Å²) in [5.74, 6) is -0.358. The van der Waals surface area contributed by atoms with Crippen LogP contribution < -0.4 is 5.73 Å². The van der Waals surface area contributed by atoms with Gasteiger partial charge in [-0.2, -0.15) is 0 Å². The lowest BCUT2D eigenvalue weighted by Gasteiger charge is -2.11. The van der Waals surface area contributed by atoms with Crippen molar-refractivity contribution in [2.75, 3.05) is 6.61 Å². The van der Waals surface area contributed by atoms with Gasteiger partial charge in [-0.3, -0.25) is 4.79 Å². The van der Waals surface area contributed by atoms with E-state index in [0.717, 1.165) is 31.4 Å². The number of benzene rings is 1. The zero-order valence-electron chi connectivity index (χ0n) is 8.61. The molecular formula is C12H15NO2. The predicted molar refractivity (Wildman–Crippen MR) is 57.6 cm³/mol. The molecule has 1 aromatic carbocycles. The minimum Gasteiger partial charge on any atom is -0.378 e. The van der Waals surface area contributed by atoms with Crippen LogP contribution in [-0.4, -0.2) is 18.6 Å². The Hall–Kier alpha value is -1.35. The lowest BCUT2D eigenvalue weighted by molar-refractivity contribution is 0.0993. The molecule has 0 aliphatic carbocycles. The first-order chi connectivity index (χ1) is 7.27. The molecule has 0 spiro atoms. The van der Waals surface area contributed by atoms with Crippen molar-refractivity contribution in [2.24, 2.45) is 5.73 Å². The quantitative estimate of drug-likeness (QED) is 0.813. The summed E-state index contributed by atoms with van der Waals surface area (Å²) in [6, 6.07) is 7.48. The third-order valence-corrected chi connectivity index (χ3v) is 2.75. The number of ether oxygens (including phenoxy) is 1. The molecule has 1 aliphatic rings. The fourth-order valence-electron chi connectivity index (χ4n) is 1.99. The Morgan fingerprint density at radius 3 is 2.93 bits per heavy atom. The van der Waals surface area contributed by atoms with Crippen LogP contribution in [0.4, 0.5) is 0 Å². The van der Waals surface area contributed by atoms with E-state index in [1.165, 1.54) is 0 Å². The van der Waals surface area contributed by atoms with Crippen molar-refractivity contribution in [1.29, 1.82) is 0 Å². The van der Waals surface area contributed by atoms with Gasteiger partial charge >= 0.3 is 0 Å². The number of nitrogens with two attached hydrogens (primary N) is 1. The number of primary amides is 1. The predicted octanol–water partition coefficient (Wildman–Crippen LogP) is 1.51. The van der Waals surface area contributed by atoms with Crippen molar-refractivity contribution in [3.8, 4) is 0 Å². The summed E-state index contributed by atoms with van der Waals surface area (Å²) >= 11 is 0. The third kappa shape index (κ3) is 2.36. The van der Waals surface area contributed by atoms with E-state index in [1.54, 1.807) is 6.07 Å². The van der Waals surface area contributed by atoms with Crippen molar-refractivity contribution >= 4 is 5.91 Å². The highest BCUT2D eigenvalue weighted by atomic mass is 16.5. The molecule has 0 bridgehead atoms. The van der Waals surface area contributed by atoms with Crippen molar-refractivity contribution in [1.82, 2.24) is 0 Å². The van der Waals surface area contributed by atoms with Crippen LogP contribution in [0.5, 0.6) is 0 Å². The minimum absolute atomic E-state index is 0.255. The molecule has 1 aliphatic heterocycles. The second-order valence-electron chi connectivity index (χ2n) is 3.86. The van der Waals surface area contributed by atoms with Gasteiger partial charge in [0.2, 0.25) is 5.91 Å². The number of amides is 1. The summed E-state index contributed by atoms with van der Waals surface area (Å²) < 4.78 is 5.54. The number of carbonyl (C=O) groups excluding carboxylic acids is 1. The molecule has 1 aromatic rings. The summed E-state index contributed by atoms with van der Waals surface area (Å²) in [4.78, 5) is 11.2. The Morgan fingerprint density at radius 2 is 2.27 bits per heavy atom. The Kier molecular flexibility index (Phi) is 3.02. The summed E-state index contributed by atoms with van der Waals surface area (Å²) in [7, 11) is 0. The van der Waals surface area contributed by atoms with E-state index < -0.39 is 0 Å². The van der Waals surface area contributed by atoms with Crippen molar-refractivity contribution < 1.29 is 9.53 Å². The minimum atomic E-state index is -0.358. The average molecular weight is 205 g/mol. The van der Waals surface area contributed by atoms with Gasteiger partial charge in [-0.15, -0.1) is 0 Å². The van der Waals surface area contributed by atoms with Gasteiger partial charge in [-0.05, 0) is 30.9 Å². The normalized spacial score (nSPS) is 20.4. The Labute approximate surface area is 89.2 Å². The van der Waals surface area contributed by atoms with Crippen molar-refractivity contribution in [3.63, 3.8) is 0 Å². The highest BCUT2D eigenvalue weighted by Crippen LogP contribution is 2.19. The van der Waals surface area contributed by atoms with Gasteiger partial charge in [0.05, 0.1) is 6.10 Å². The van der Waals surface area contributed by atoms with Crippen LogP contribution in [0.1, 0.15) is 28.8 Å². The van der Waals surface area contributed by atoms with E-state index in [0.29, 0.717) is 5.56 Å². The maximum Gasteiger partial charge on any atom is 0.248 e. The van der Waals surface area contributed by atoms with Gasteiger partial charge in [0, 0.05) is 12.2 Å². The first-order valence-corrected chi connectivity index (χ1v) is 5.26. The van der Waals surface area contributed by atoms with E-state index in [2.05, 4.69) is 0 Å². The third-order valence-electron chi connectivity index (χ3n) is 2.75. The van der Waals surface area contributed by atoms with Gasteiger partial charge < -0.3 is 10.5 Å². The zero-order valence-corrected chi connectivity index (χ0v) is 8.61. The summed E-state index contributed by atoms with van der Waals surface area (Å²) in [5, 5.41) is 0. The Balaban J connectivity index is 2.15. The first kappa shape index (κ1) is 10.2. The van der Waals surface area contributed by atoms with E-state index in [1.807, 2.05) is 18.2 Å². The molecule has 0 aromatic heterocycles. The number of hydrogen-bond donors (Lipinski definition) is 1. The van der Waals surface area contributed by atoms with Crippen LogP contribution in [0.3, 0.4) is 0 Å². The zero-order chi connectivity index (χ0) is 10.7. The van der Waals surface area contributed by atoms with Crippen molar-refractivity contribution in [3.05, 3.63) is 35.4 Å². The molecule has 0 saturated carbocycles. The fraction of sp³-hybridized carbons (Fsp3) is 0.417. The molecule has 0 radical (unpaired) electrons. The Bertz CT molecular complexity index is 356. The van der Waals surface area contributed by atoms with Crippen LogP contribution in [-0.2, 0) is 11.2 Å². The maximum absolute atomic E-state index is 11.2. The standard InChI is InChI=1S/C12H15NO2/c13-12(14)11-6-2-1-4-9(11)8-10-5-3-7-15-10/h1-2,4,6,10H,3,5,7-8H2,(H2,13,14). The molecule has 1 atom stereocenters.